The van der Waals surface area contributed by atoms with E-state index in [0.717, 1.165) is 12.1 Å². The molecule has 1 aromatic heterocycles. The molecule has 0 bridgehead atoms. The van der Waals surface area contributed by atoms with Gasteiger partial charge in [-0.3, -0.25) is 4.79 Å². The number of carbonyl (C=O) groups excluding carboxylic acids is 1. The van der Waals surface area contributed by atoms with Crippen LogP contribution in [0.15, 0.2) is 53.1 Å². The van der Waals surface area contributed by atoms with Gasteiger partial charge in [0.2, 0.25) is 0 Å². The molecule has 0 aliphatic rings. The Morgan fingerprint density at radius 3 is 2.58 bits per heavy atom. The molecule has 24 heavy (non-hydrogen) atoms. The second kappa shape index (κ2) is 6.57. The van der Waals surface area contributed by atoms with E-state index in [2.05, 4.69) is 10.5 Å². The number of halogens is 3. The van der Waals surface area contributed by atoms with Crippen molar-refractivity contribution in [3.63, 3.8) is 0 Å². The maximum Gasteiger partial charge on any atom is 0.254 e. The van der Waals surface area contributed by atoms with E-state index in [1.807, 2.05) is 0 Å². The lowest BCUT2D eigenvalue weighted by Crippen LogP contribution is -2.23. The monoisotopic (exact) mass is 332 g/mol. The molecule has 0 aliphatic carbocycles. The first-order valence-corrected chi connectivity index (χ1v) is 6.98. The molecule has 1 heterocycles. The van der Waals surface area contributed by atoms with Crippen LogP contribution >= 0.6 is 0 Å². The van der Waals surface area contributed by atoms with Gasteiger partial charge >= 0.3 is 0 Å². The summed E-state index contributed by atoms with van der Waals surface area (Å²) in [5.41, 5.74) is 0.278. The Labute approximate surface area is 134 Å². The highest BCUT2D eigenvalue weighted by Crippen LogP contribution is 2.24. The molecule has 0 spiro atoms. The Kier molecular flexibility index (Phi) is 4.33. The molecule has 2 aromatic carbocycles. The van der Waals surface area contributed by atoms with E-state index in [4.69, 9.17) is 4.52 Å². The number of aromatic nitrogens is 1. The molecule has 7 heteroatoms. The van der Waals surface area contributed by atoms with E-state index < -0.39 is 23.4 Å². The van der Waals surface area contributed by atoms with E-state index >= 15 is 0 Å². The van der Waals surface area contributed by atoms with Gasteiger partial charge in [-0.05, 0) is 24.3 Å². The molecular weight excluding hydrogens is 321 g/mol. The summed E-state index contributed by atoms with van der Waals surface area (Å²) in [4.78, 5) is 11.9. The van der Waals surface area contributed by atoms with Crippen molar-refractivity contribution >= 4 is 5.91 Å². The van der Waals surface area contributed by atoms with Crippen molar-refractivity contribution in [2.45, 2.75) is 6.54 Å². The summed E-state index contributed by atoms with van der Waals surface area (Å²) < 4.78 is 45.1. The number of nitrogens with one attached hydrogen (secondary N) is 1. The molecule has 1 N–H and O–H groups in total. The summed E-state index contributed by atoms with van der Waals surface area (Å²) in [5, 5.41) is 6.19. The average molecular weight is 332 g/mol. The zero-order chi connectivity index (χ0) is 17.1. The van der Waals surface area contributed by atoms with Crippen molar-refractivity contribution < 1.29 is 22.5 Å². The van der Waals surface area contributed by atoms with Crippen molar-refractivity contribution in [2.24, 2.45) is 0 Å². The van der Waals surface area contributed by atoms with Crippen LogP contribution in [0.4, 0.5) is 13.2 Å². The van der Waals surface area contributed by atoms with Crippen molar-refractivity contribution in [2.75, 3.05) is 0 Å². The van der Waals surface area contributed by atoms with Gasteiger partial charge in [-0.25, -0.2) is 13.2 Å². The van der Waals surface area contributed by atoms with E-state index in [1.165, 1.54) is 30.3 Å². The lowest BCUT2D eigenvalue weighted by molar-refractivity contribution is 0.0946. The van der Waals surface area contributed by atoms with Crippen LogP contribution in [0.1, 0.15) is 16.1 Å². The van der Waals surface area contributed by atoms with Crippen LogP contribution in [0.2, 0.25) is 0 Å². The molecule has 3 aromatic rings. The van der Waals surface area contributed by atoms with Gasteiger partial charge < -0.3 is 9.84 Å². The van der Waals surface area contributed by atoms with Crippen LogP contribution in [0.3, 0.4) is 0 Å². The number of rotatable bonds is 4. The van der Waals surface area contributed by atoms with Crippen LogP contribution in [0, 0.1) is 17.5 Å². The maximum atomic E-state index is 13.7. The fraction of sp³-hybridized carbons (Fsp3) is 0.0588. The summed E-state index contributed by atoms with van der Waals surface area (Å²) >= 11 is 0. The van der Waals surface area contributed by atoms with E-state index in [-0.39, 0.29) is 23.4 Å². The van der Waals surface area contributed by atoms with Crippen LogP contribution < -0.4 is 5.32 Å². The number of amides is 1. The third-order valence-corrected chi connectivity index (χ3v) is 3.30. The van der Waals surface area contributed by atoms with Crippen molar-refractivity contribution in [1.29, 1.82) is 0 Å². The summed E-state index contributed by atoms with van der Waals surface area (Å²) in [6.07, 6.45) is 0. The van der Waals surface area contributed by atoms with Gasteiger partial charge in [0, 0.05) is 12.1 Å². The predicted octanol–water partition coefficient (Wildman–Crippen LogP) is 3.69. The molecule has 4 nitrogen and oxygen atoms in total. The third-order valence-electron chi connectivity index (χ3n) is 3.30. The maximum absolute atomic E-state index is 13.7. The molecule has 0 fully saturated rings. The second-order valence-electron chi connectivity index (χ2n) is 4.97. The van der Waals surface area contributed by atoms with Crippen LogP contribution in [0.25, 0.3) is 11.3 Å². The minimum atomic E-state index is -0.784. The highest BCUT2D eigenvalue weighted by atomic mass is 19.1. The number of benzene rings is 2. The number of hydrogen-bond donors (Lipinski definition) is 1. The SMILES string of the molecule is O=C(NCc1cc(-c2ccc(F)cc2F)on1)c1ccccc1F. The second-order valence-corrected chi connectivity index (χ2v) is 4.97. The van der Waals surface area contributed by atoms with Crippen LogP contribution in [-0.2, 0) is 6.54 Å². The zero-order valence-corrected chi connectivity index (χ0v) is 12.2. The zero-order valence-electron chi connectivity index (χ0n) is 12.2. The number of hydrogen-bond acceptors (Lipinski definition) is 3. The Morgan fingerprint density at radius 2 is 1.83 bits per heavy atom. The van der Waals surface area contributed by atoms with Gasteiger partial charge in [-0.1, -0.05) is 17.3 Å². The Balaban J connectivity index is 1.70. The van der Waals surface area contributed by atoms with Crippen molar-refractivity contribution in [1.82, 2.24) is 10.5 Å². The lowest BCUT2D eigenvalue weighted by atomic mass is 10.1. The van der Waals surface area contributed by atoms with Crippen molar-refractivity contribution in [3.05, 3.63) is 77.2 Å². The Hall–Kier alpha value is -3.09. The highest BCUT2D eigenvalue weighted by Gasteiger charge is 2.14. The molecule has 1 amide bonds. The summed E-state index contributed by atoms with van der Waals surface area (Å²) in [7, 11) is 0. The number of carbonyl (C=O) groups is 1. The predicted molar refractivity (Wildman–Crippen MR) is 79.4 cm³/mol. The van der Waals surface area contributed by atoms with Crippen molar-refractivity contribution in [3.8, 4) is 11.3 Å². The van der Waals surface area contributed by atoms with Gasteiger partial charge in [0.25, 0.3) is 5.91 Å². The Morgan fingerprint density at radius 1 is 1.04 bits per heavy atom. The molecule has 0 saturated heterocycles. The molecule has 0 unspecified atom stereocenters. The van der Waals surface area contributed by atoms with Gasteiger partial charge in [-0.2, -0.15) is 0 Å². The molecule has 0 saturated carbocycles. The van der Waals surface area contributed by atoms with Gasteiger partial charge in [0.05, 0.1) is 17.7 Å². The molecule has 0 radical (unpaired) electrons. The normalized spacial score (nSPS) is 10.6. The largest absolute Gasteiger partial charge is 0.356 e. The smallest absolute Gasteiger partial charge is 0.254 e. The van der Waals surface area contributed by atoms with E-state index in [0.29, 0.717) is 5.69 Å². The summed E-state index contributed by atoms with van der Waals surface area (Å²) in [6.45, 7) is -0.0283. The molecular formula is C17H11F3N2O2. The molecule has 3 rings (SSSR count). The van der Waals surface area contributed by atoms with E-state index in [9.17, 15) is 18.0 Å². The topological polar surface area (TPSA) is 55.1 Å². The number of nitrogens with zero attached hydrogens (tertiary/aromatic N) is 1. The fourth-order valence-corrected chi connectivity index (χ4v) is 2.12. The summed E-state index contributed by atoms with van der Waals surface area (Å²) in [5.74, 6) is -2.63. The van der Waals surface area contributed by atoms with E-state index in [1.54, 1.807) is 6.07 Å². The van der Waals surface area contributed by atoms with Gasteiger partial charge in [0.15, 0.2) is 5.76 Å². The highest BCUT2D eigenvalue weighted by molar-refractivity contribution is 5.94. The summed E-state index contributed by atoms with van der Waals surface area (Å²) in [6, 6.07) is 10.0. The van der Waals surface area contributed by atoms with Crippen LogP contribution in [-0.4, -0.2) is 11.1 Å². The lowest BCUT2D eigenvalue weighted by Gasteiger charge is -2.03. The first kappa shape index (κ1) is 15.8. The first-order chi connectivity index (χ1) is 11.5. The molecule has 0 atom stereocenters. The quantitative estimate of drug-likeness (QED) is 0.793. The average Bonchev–Trinajstić information content (AvgIpc) is 3.01. The molecule has 0 aliphatic heterocycles. The third kappa shape index (κ3) is 3.29. The van der Waals surface area contributed by atoms with Crippen LogP contribution in [0.5, 0.6) is 0 Å². The standard InChI is InChI=1S/C17H11F3N2O2/c18-10-5-6-12(15(20)7-10)16-8-11(22-24-16)9-21-17(23)13-3-1-2-4-14(13)19/h1-8H,9H2,(H,21,23). The molecule has 122 valence electrons. The van der Waals surface area contributed by atoms with Gasteiger partial charge in [-0.15, -0.1) is 0 Å². The minimum Gasteiger partial charge on any atom is -0.356 e. The first-order valence-electron chi connectivity index (χ1n) is 6.98. The minimum absolute atomic E-state index is 0.0283. The fourth-order valence-electron chi connectivity index (χ4n) is 2.12. The van der Waals surface area contributed by atoms with Gasteiger partial charge in [0.1, 0.15) is 23.1 Å². The Bertz CT molecular complexity index is 893.